The van der Waals surface area contributed by atoms with Gasteiger partial charge in [-0.2, -0.15) is 0 Å². The molecule has 14 heavy (non-hydrogen) atoms. The summed E-state index contributed by atoms with van der Waals surface area (Å²) in [5.41, 5.74) is 0.708. The Kier molecular flexibility index (Phi) is 1.69. The van der Waals surface area contributed by atoms with Crippen LogP contribution in [0.4, 0.5) is 0 Å². The minimum absolute atomic E-state index is 0.378. The second-order valence-electron chi connectivity index (χ2n) is 4.56. The Morgan fingerprint density at radius 2 is 2.36 bits per heavy atom. The van der Waals surface area contributed by atoms with E-state index in [9.17, 15) is 5.11 Å². The van der Waals surface area contributed by atoms with E-state index in [0.29, 0.717) is 5.92 Å². The Morgan fingerprint density at radius 3 is 2.93 bits per heavy atom. The Hall–Kier alpha value is -0.870. The number of hydrogen-bond acceptors (Lipinski definition) is 4. The van der Waals surface area contributed by atoms with E-state index in [1.54, 1.807) is 12.5 Å². The number of rotatable bonds is 3. The quantitative estimate of drug-likeness (QED) is 0.766. The molecule has 1 aromatic rings. The van der Waals surface area contributed by atoms with Gasteiger partial charge in [0.2, 0.25) is 0 Å². The summed E-state index contributed by atoms with van der Waals surface area (Å²) in [5, 5.41) is 13.7. The van der Waals surface area contributed by atoms with Crippen LogP contribution in [-0.2, 0) is 6.54 Å². The van der Waals surface area contributed by atoms with Crippen LogP contribution in [0.2, 0.25) is 0 Å². The van der Waals surface area contributed by atoms with Gasteiger partial charge in [0.05, 0.1) is 11.8 Å². The first-order chi connectivity index (χ1) is 6.76. The molecule has 76 valence electrons. The zero-order chi connectivity index (χ0) is 9.60. The maximum absolute atomic E-state index is 10.1. The maximum atomic E-state index is 10.1. The molecule has 1 aromatic heterocycles. The monoisotopic (exact) mass is 194 g/mol. The fourth-order valence-electron chi connectivity index (χ4n) is 2.28. The van der Waals surface area contributed by atoms with Gasteiger partial charge in [-0.15, -0.1) is 0 Å². The van der Waals surface area contributed by atoms with Gasteiger partial charge < -0.3 is 9.63 Å². The number of aliphatic hydroxyl groups is 1. The topological polar surface area (TPSA) is 49.5 Å². The standard InChI is InChI=1S/C10H14N2O2/c13-10(9-1-2-9)6-12(7-10)4-8-3-11-14-5-8/h3,5,9,13H,1-2,4,6-7H2. The van der Waals surface area contributed by atoms with Gasteiger partial charge in [-0.1, -0.05) is 5.16 Å². The lowest BCUT2D eigenvalue weighted by molar-refractivity contribution is -0.116. The van der Waals surface area contributed by atoms with Crippen molar-refractivity contribution in [3.8, 4) is 0 Å². The fraction of sp³-hybridized carbons (Fsp3) is 0.700. The predicted octanol–water partition coefficient (Wildman–Crippen LogP) is 0.631. The van der Waals surface area contributed by atoms with Crippen LogP contribution in [-0.4, -0.2) is 33.9 Å². The van der Waals surface area contributed by atoms with Crippen LogP contribution in [0.1, 0.15) is 18.4 Å². The molecule has 2 fully saturated rings. The van der Waals surface area contributed by atoms with E-state index in [2.05, 4.69) is 10.1 Å². The minimum atomic E-state index is -0.378. The summed E-state index contributed by atoms with van der Waals surface area (Å²) in [6.07, 6.45) is 5.80. The smallest absolute Gasteiger partial charge is 0.128 e. The van der Waals surface area contributed by atoms with E-state index >= 15 is 0 Å². The highest BCUT2D eigenvalue weighted by molar-refractivity contribution is 5.08. The average Bonchev–Trinajstić information content (AvgIpc) is 2.84. The van der Waals surface area contributed by atoms with Crippen molar-refractivity contribution in [3.63, 3.8) is 0 Å². The van der Waals surface area contributed by atoms with E-state index in [1.165, 1.54) is 12.8 Å². The van der Waals surface area contributed by atoms with Gasteiger partial charge in [-0.3, -0.25) is 4.90 Å². The number of nitrogens with zero attached hydrogens (tertiary/aromatic N) is 2. The first-order valence-corrected chi connectivity index (χ1v) is 5.09. The molecule has 0 radical (unpaired) electrons. The van der Waals surface area contributed by atoms with Gasteiger partial charge in [0, 0.05) is 25.2 Å². The number of β-amino-alcohol motifs (C(OH)–C–C–N with tert-alkyl or cyclic N) is 1. The molecule has 2 heterocycles. The van der Waals surface area contributed by atoms with Gasteiger partial charge in [-0.25, -0.2) is 0 Å². The molecule has 0 bridgehead atoms. The second kappa shape index (κ2) is 2.81. The molecular weight excluding hydrogens is 180 g/mol. The van der Waals surface area contributed by atoms with Gasteiger partial charge >= 0.3 is 0 Å². The number of hydrogen-bond donors (Lipinski definition) is 1. The summed E-state index contributed by atoms with van der Waals surface area (Å²) in [6, 6.07) is 0. The molecule has 0 unspecified atom stereocenters. The van der Waals surface area contributed by atoms with E-state index < -0.39 is 0 Å². The van der Waals surface area contributed by atoms with Crippen molar-refractivity contribution in [2.24, 2.45) is 5.92 Å². The molecule has 2 aliphatic rings. The van der Waals surface area contributed by atoms with Crippen LogP contribution in [0.15, 0.2) is 17.0 Å². The second-order valence-corrected chi connectivity index (χ2v) is 4.56. The Balaban J connectivity index is 1.54. The van der Waals surface area contributed by atoms with Crippen molar-refractivity contribution >= 4 is 0 Å². The Labute approximate surface area is 82.5 Å². The largest absolute Gasteiger partial charge is 0.387 e. The molecule has 0 spiro atoms. The van der Waals surface area contributed by atoms with Crippen molar-refractivity contribution in [1.29, 1.82) is 0 Å². The van der Waals surface area contributed by atoms with Crippen LogP contribution in [0, 0.1) is 5.92 Å². The molecule has 1 N–H and O–H groups in total. The van der Waals surface area contributed by atoms with Crippen LogP contribution >= 0.6 is 0 Å². The van der Waals surface area contributed by atoms with Crippen LogP contribution in [0.3, 0.4) is 0 Å². The molecule has 1 saturated carbocycles. The molecule has 1 saturated heterocycles. The van der Waals surface area contributed by atoms with Crippen molar-refractivity contribution in [3.05, 3.63) is 18.0 Å². The predicted molar refractivity (Wildman–Crippen MR) is 49.5 cm³/mol. The highest BCUT2D eigenvalue weighted by Crippen LogP contribution is 2.44. The summed E-state index contributed by atoms with van der Waals surface area (Å²) in [7, 11) is 0. The van der Waals surface area contributed by atoms with Crippen LogP contribution in [0.25, 0.3) is 0 Å². The third-order valence-corrected chi connectivity index (χ3v) is 3.22. The zero-order valence-electron chi connectivity index (χ0n) is 8.02. The molecular formula is C10H14N2O2. The van der Waals surface area contributed by atoms with Crippen molar-refractivity contribution in [2.45, 2.75) is 25.0 Å². The van der Waals surface area contributed by atoms with Crippen molar-refractivity contribution in [1.82, 2.24) is 10.1 Å². The lowest BCUT2D eigenvalue weighted by Gasteiger charge is -2.46. The molecule has 1 aliphatic carbocycles. The van der Waals surface area contributed by atoms with Gasteiger partial charge in [0.25, 0.3) is 0 Å². The first kappa shape index (κ1) is 8.44. The Bertz CT molecular complexity index is 313. The molecule has 0 amide bonds. The van der Waals surface area contributed by atoms with Gasteiger partial charge in [0.15, 0.2) is 0 Å². The third kappa shape index (κ3) is 1.35. The zero-order valence-corrected chi connectivity index (χ0v) is 8.02. The summed E-state index contributed by atoms with van der Waals surface area (Å²) < 4.78 is 4.76. The van der Waals surface area contributed by atoms with E-state index in [1.807, 2.05) is 0 Å². The first-order valence-electron chi connectivity index (χ1n) is 5.09. The normalized spacial score (nSPS) is 26.1. The SMILES string of the molecule is OC1(C2CC2)CN(Cc2cnoc2)C1. The lowest BCUT2D eigenvalue weighted by Crippen LogP contribution is -2.62. The van der Waals surface area contributed by atoms with Crippen LogP contribution in [0.5, 0.6) is 0 Å². The summed E-state index contributed by atoms with van der Waals surface area (Å²) >= 11 is 0. The molecule has 4 nitrogen and oxygen atoms in total. The summed E-state index contributed by atoms with van der Waals surface area (Å²) in [6.45, 7) is 2.46. The van der Waals surface area contributed by atoms with E-state index in [-0.39, 0.29) is 5.60 Å². The summed E-state index contributed by atoms with van der Waals surface area (Å²) in [5.74, 6) is 0.571. The lowest BCUT2D eigenvalue weighted by atomic mass is 9.88. The number of likely N-dealkylation sites (tertiary alicyclic amines) is 1. The highest BCUT2D eigenvalue weighted by atomic mass is 16.5. The van der Waals surface area contributed by atoms with Gasteiger partial charge in [0.1, 0.15) is 6.26 Å². The number of aromatic nitrogens is 1. The van der Waals surface area contributed by atoms with Crippen molar-refractivity contribution < 1.29 is 9.63 Å². The molecule has 0 atom stereocenters. The maximum Gasteiger partial charge on any atom is 0.128 e. The third-order valence-electron chi connectivity index (χ3n) is 3.22. The summed E-state index contributed by atoms with van der Waals surface area (Å²) in [4.78, 5) is 2.23. The van der Waals surface area contributed by atoms with Crippen molar-refractivity contribution in [2.75, 3.05) is 13.1 Å². The molecule has 1 aliphatic heterocycles. The van der Waals surface area contributed by atoms with E-state index in [0.717, 1.165) is 25.2 Å². The van der Waals surface area contributed by atoms with Gasteiger partial charge in [-0.05, 0) is 18.8 Å². The van der Waals surface area contributed by atoms with E-state index in [4.69, 9.17) is 4.52 Å². The molecule has 0 aromatic carbocycles. The molecule has 3 rings (SSSR count). The average molecular weight is 194 g/mol. The highest BCUT2D eigenvalue weighted by Gasteiger charge is 2.51. The van der Waals surface area contributed by atoms with Crippen LogP contribution < -0.4 is 0 Å². The minimum Gasteiger partial charge on any atom is -0.387 e. The fourth-order valence-corrected chi connectivity index (χ4v) is 2.28. The molecule has 4 heteroatoms. The Morgan fingerprint density at radius 1 is 1.57 bits per heavy atom.